The van der Waals surface area contributed by atoms with E-state index in [2.05, 4.69) is 29.0 Å². The molecule has 2 aliphatic rings. The Hall–Kier alpha value is -4.15. The van der Waals surface area contributed by atoms with Gasteiger partial charge >= 0.3 is 0 Å². The van der Waals surface area contributed by atoms with E-state index in [9.17, 15) is 9.59 Å². The van der Waals surface area contributed by atoms with Crippen molar-refractivity contribution in [2.24, 2.45) is 0 Å². The highest BCUT2D eigenvalue weighted by Crippen LogP contribution is 2.43. The predicted octanol–water partition coefficient (Wildman–Crippen LogP) is 2.88. The topological polar surface area (TPSA) is 72.0 Å². The normalized spacial score (nSPS) is 20.4. The van der Waals surface area contributed by atoms with Gasteiger partial charge in [-0.2, -0.15) is 0 Å². The fraction of sp³-hybridized carbons (Fsp3) is 0.300. The molecule has 1 aromatic heterocycles. The summed E-state index contributed by atoms with van der Waals surface area (Å²) in [7, 11) is 3.29. The maximum atomic E-state index is 13.0. The standard InChI is InChI=1S/C30H29N3O4/c1-36-20-27-30(24-12-10-21(11-13-24)8-9-22-5-3-7-25(15-22)37-2)26-18-32(19-29(35)33(26)27)28(34)16-23-6-4-14-31-17-23/h3-7,10-15,17,26-27,30H,16,18-20H2,1-2H3/t26-,27-,30-/m0/s1. The Kier molecular flexibility index (Phi) is 7.20. The number of methoxy groups -OCH3 is 2. The van der Waals surface area contributed by atoms with E-state index < -0.39 is 0 Å². The van der Waals surface area contributed by atoms with Gasteiger partial charge in [0.1, 0.15) is 5.75 Å². The molecule has 3 heterocycles. The zero-order valence-electron chi connectivity index (χ0n) is 21.0. The fourth-order valence-electron chi connectivity index (χ4n) is 5.27. The monoisotopic (exact) mass is 495 g/mol. The van der Waals surface area contributed by atoms with Crippen LogP contribution in [0.1, 0.15) is 28.2 Å². The molecule has 2 aromatic carbocycles. The van der Waals surface area contributed by atoms with Gasteiger partial charge < -0.3 is 19.3 Å². The van der Waals surface area contributed by atoms with Gasteiger partial charge in [0.2, 0.25) is 11.8 Å². The van der Waals surface area contributed by atoms with Crippen LogP contribution in [0, 0.1) is 11.8 Å². The average Bonchev–Trinajstić information content (AvgIpc) is 2.92. The molecule has 2 aliphatic heterocycles. The maximum Gasteiger partial charge on any atom is 0.242 e. The molecule has 188 valence electrons. The van der Waals surface area contributed by atoms with E-state index in [4.69, 9.17) is 9.47 Å². The molecule has 0 N–H and O–H groups in total. The number of carbonyl (C=O) groups excluding carboxylic acids is 2. The fourth-order valence-corrected chi connectivity index (χ4v) is 5.27. The Balaban J connectivity index is 1.32. The number of hydrogen-bond donors (Lipinski definition) is 0. The Morgan fingerprint density at radius 2 is 1.86 bits per heavy atom. The number of nitrogens with zero attached hydrogens (tertiary/aromatic N) is 3. The summed E-state index contributed by atoms with van der Waals surface area (Å²) in [5.74, 6) is 7.15. The van der Waals surface area contributed by atoms with Crippen LogP contribution >= 0.6 is 0 Å². The average molecular weight is 496 g/mol. The summed E-state index contributed by atoms with van der Waals surface area (Å²) in [6.45, 7) is 1.06. The number of amides is 2. The van der Waals surface area contributed by atoms with E-state index in [1.807, 2.05) is 53.4 Å². The van der Waals surface area contributed by atoms with E-state index in [1.54, 1.807) is 31.5 Å². The Bertz CT molecular complexity index is 1330. The molecule has 0 saturated carbocycles. The van der Waals surface area contributed by atoms with Gasteiger partial charge in [-0.1, -0.05) is 36.1 Å². The molecular formula is C30H29N3O4. The number of rotatable bonds is 6. The lowest BCUT2D eigenvalue weighted by Crippen LogP contribution is -2.73. The van der Waals surface area contributed by atoms with Crippen molar-refractivity contribution in [3.8, 4) is 17.6 Å². The summed E-state index contributed by atoms with van der Waals surface area (Å²) in [5, 5.41) is 0. The summed E-state index contributed by atoms with van der Waals surface area (Å²) in [6, 6.07) is 19.4. The number of aromatic nitrogens is 1. The van der Waals surface area contributed by atoms with Crippen molar-refractivity contribution in [3.05, 3.63) is 95.3 Å². The van der Waals surface area contributed by atoms with Gasteiger partial charge in [-0.3, -0.25) is 14.6 Å². The highest BCUT2D eigenvalue weighted by atomic mass is 16.5. The van der Waals surface area contributed by atoms with E-state index in [-0.39, 0.29) is 42.8 Å². The number of carbonyl (C=O) groups is 2. The molecule has 7 nitrogen and oxygen atoms in total. The lowest BCUT2D eigenvalue weighted by atomic mass is 9.73. The van der Waals surface area contributed by atoms with Gasteiger partial charge in [0.15, 0.2) is 0 Å². The second-order valence-corrected chi connectivity index (χ2v) is 9.33. The van der Waals surface area contributed by atoms with Gasteiger partial charge in [0, 0.05) is 43.1 Å². The molecule has 0 bridgehead atoms. The zero-order chi connectivity index (χ0) is 25.8. The third-order valence-electron chi connectivity index (χ3n) is 7.05. The van der Waals surface area contributed by atoms with Crippen LogP contribution in [0.25, 0.3) is 0 Å². The first-order valence-corrected chi connectivity index (χ1v) is 12.3. The Morgan fingerprint density at radius 3 is 2.59 bits per heavy atom. The molecule has 0 aliphatic carbocycles. The summed E-state index contributed by atoms with van der Waals surface area (Å²) in [5.41, 5.74) is 3.74. The maximum absolute atomic E-state index is 13.0. The molecule has 0 unspecified atom stereocenters. The SMILES string of the molecule is COC[C@H]1[C@@H](c2ccc(C#Cc3cccc(OC)c3)cc2)[C@@H]2CN(C(=O)Cc3cccnc3)CC(=O)N12. The van der Waals surface area contributed by atoms with E-state index in [1.165, 1.54) is 0 Å². The van der Waals surface area contributed by atoms with Crippen LogP contribution in [0.5, 0.6) is 5.75 Å². The Labute approximate surface area is 217 Å². The van der Waals surface area contributed by atoms with Crippen molar-refractivity contribution >= 4 is 11.8 Å². The number of ether oxygens (including phenoxy) is 2. The molecule has 0 spiro atoms. The number of piperazine rings is 1. The minimum absolute atomic E-state index is 0.0325. The molecule has 3 aromatic rings. The summed E-state index contributed by atoms with van der Waals surface area (Å²) < 4.78 is 10.7. The molecular weight excluding hydrogens is 466 g/mol. The lowest BCUT2D eigenvalue weighted by Gasteiger charge is -2.59. The van der Waals surface area contributed by atoms with Gasteiger partial charge in [-0.05, 0) is 47.5 Å². The number of benzene rings is 2. The lowest BCUT2D eigenvalue weighted by molar-refractivity contribution is -0.167. The number of pyridine rings is 1. The van der Waals surface area contributed by atoms with Crippen molar-refractivity contribution in [1.82, 2.24) is 14.8 Å². The van der Waals surface area contributed by atoms with Crippen LogP contribution in [0.15, 0.2) is 73.1 Å². The molecule has 5 rings (SSSR count). The van der Waals surface area contributed by atoms with Crippen molar-refractivity contribution < 1.29 is 19.1 Å². The van der Waals surface area contributed by atoms with E-state index in [0.29, 0.717) is 13.2 Å². The van der Waals surface area contributed by atoms with Crippen LogP contribution < -0.4 is 4.74 Å². The first-order chi connectivity index (χ1) is 18.1. The van der Waals surface area contributed by atoms with Crippen LogP contribution in [0.3, 0.4) is 0 Å². The molecule has 2 amide bonds. The second-order valence-electron chi connectivity index (χ2n) is 9.33. The summed E-state index contributed by atoms with van der Waals surface area (Å²) in [4.78, 5) is 33.7. The molecule has 2 fully saturated rings. The van der Waals surface area contributed by atoms with Crippen LogP contribution in [0.2, 0.25) is 0 Å². The third kappa shape index (κ3) is 5.20. The highest BCUT2D eigenvalue weighted by molar-refractivity contribution is 5.88. The van der Waals surface area contributed by atoms with Crippen molar-refractivity contribution in [1.29, 1.82) is 0 Å². The van der Waals surface area contributed by atoms with Gasteiger partial charge in [0.25, 0.3) is 0 Å². The molecule has 2 saturated heterocycles. The number of hydrogen-bond acceptors (Lipinski definition) is 5. The number of fused-ring (bicyclic) bond motifs is 1. The van der Waals surface area contributed by atoms with Gasteiger partial charge in [-0.15, -0.1) is 0 Å². The minimum atomic E-state index is -0.0760. The summed E-state index contributed by atoms with van der Waals surface area (Å²) in [6.07, 6.45) is 3.61. The first-order valence-electron chi connectivity index (χ1n) is 12.3. The van der Waals surface area contributed by atoms with Gasteiger partial charge in [0.05, 0.1) is 38.8 Å². The van der Waals surface area contributed by atoms with Gasteiger partial charge in [-0.25, -0.2) is 0 Å². The zero-order valence-corrected chi connectivity index (χ0v) is 21.0. The molecule has 0 radical (unpaired) electrons. The van der Waals surface area contributed by atoms with E-state index in [0.717, 1.165) is 28.0 Å². The van der Waals surface area contributed by atoms with Crippen molar-refractivity contribution in [2.75, 3.05) is 33.9 Å². The van der Waals surface area contributed by atoms with Crippen molar-refractivity contribution in [3.63, 3.8) is 0 Å². The summed E-state index contributed by atoms with van der Waals surface area (Å²) >= 11 is 0. The molecule has 37 heavy (non-hydrogen) atoms. The second kappa shape index (κ2) is 10.9. The smallest absolute Gasteiger partial charge is 0.242 e. The van der Waals surface area contributed by atoms with E-state index >= 15 is 0 Å². The Morgan fingerprint density at radius 1 is 1.05 bits per heavy atom. The highest BCUT2D eigenvalue weighted by Gasteiger charge is 2.54. The van der Waals surface area contributed by atoms with Crippen LogP contribution in [0.4, 0.5) is 0 Å². The third-order valence-corrected chi connectivity index (χ3v) is 7.05. The largest absolute Gasteiger partial charge is 0.497 e. The van der Waals surface area contributed by atoms with Crippen LogP contribution in [-0.4, -0.2) is 72.6 Å². The first kappa shape index (κ1) is 24.5. The molecule has 7 heteroatoms. The molecule has 3 atom stereocenters. The van der Waals surface area contributed by atoms with Crippen LogP contribution in [-0.2, 0) is 20.7 Å². The quantitative estimate of drug-likeness (QED) is 0.492. The predicted molar refractivity (Wildman–Crippen MR) is 139 cm³/mol. The van der Waals surface area contributed by atoms with Crippen molar-refractivity contribution in [2.45, 2.75) is 24.4 Å². The minimum Gasteiger partial charge on any atom is -0.497 e.